The van der Waals surface area contributed by atoms with Gasteiger partial charge in [-0.05, 0) is 49.9 Å². The molecule has 0 radical (unpaired) electrons. The van der Waals surface area contributed by atoms with E-state index in [1.807, 2.05) is 0 Å². The van der Waals surface area contributed by atoms with Gasteiger partial charge in [-0.1, -0.05) is 11.6 Å². The van der Waals surface area contributed by atoms with Crippen molar-refractivity contribution < 1.29 is 18.4 Å². The number of aromatic nitrogens is 2. The van der Waals surface area contributed by atoms with E-state index in [1.165, 1.54) is 18.5 Å². The molecule has 0 atom stereocenters. The van der Waals surface area contributed by atoms with Crippen LogP contribution < -0.4 is 10.1 Å². The summed E-state index contributed by atoms with van der Waals surface area (Å²) in [7, 11) is -2.36. The van der Waals surface area contributed by atoms with Gasteiger partial charge in [0.25, 0.3) is 0 Å². The summed E-state index contributed by atoms with van der Waals surface area (Å²) in [4.78, 5) is 8.58. The SMILES string of the molecule is CS(C)(=O)=Nc1cc(Cl)c2c(Nc3ccc(F)cc3OC3CCC(O)CC3)ncnc2c1. The number of nitrogens with one attached hydrogen (secondary N) is 1. The summed E-state index contributed by atoms with van der Waals surface area (Å²) >= 11 is 6.51. The molecule has 0 aliphatic heterocycles. The number of hydrogen-bond donors (Lipinski definition) is 2. The van der Waals surface area contributed by atoms with Crippen molar-refractivity contribution in [3.63, 3.8) is 0 Å². The average Bonchev–Trinajstić information content (AvgIpc) is 2.70. The molecular formula is C22H24ClFN4O3S. The van der Waals surface area contributed by atoms with Crippen LogP contribution in [0.5, 0.6) is 5.75 Å². The molecule has 0 bridgehead atoms. The maximum Gasteiger partial charge on any atom is 0.146 e. The fraction of sp³-hybridized carbons (Fsp3) is 0.364. The molecule has 1 saturated carbocycles. The molecule has 1 aromatic heterocycles. The smallest absolute Gasteiger partial charge is 0.146 e. The molecule has 3 aromatic rings. The summed E-state index contributed by atoms with van der Waals surface area (Å²) in [6.45, 7) is 0. The van der Waals surface area contributed by atoms with Crippen molar-refractivity contribution in [2.45, 2.75) is 37.9 Å². The van der Waals surface area contributed by atoms with E-state index in [-0.39, 0.29) is 12.2 Å². The molecule has 1 aliphatic rings. The molecule has 0 unspecified atom stereocenters. The summed E-state index contributed by atoms with van der Waals surface area (Å²) in [6, 6.07) is 7.54. The fourth-order valence-electron chi connectivity index (χ4n) is 3.70. The Kier molecular flexibility index (Phi) is 6.50. The number of fused-ring (bicyclic) bond motifs is 1. The van der Waals surface area contributed by atoms with Crippen molar-refractivity contribution in [2.75, 3.05) is 17.8 Å². The maximum atomic E-state index is 14.0. The van der Waals surface area contributed by atoms with Crippen LogP contribution in [-0.2, 0) is 9.73 Å². The summed E-state index contributed by atoms with van der Waals surface area (Å²) in [6.07, 6.45) is 6.77. The van der Waals surface area contributed by atoms with Crippen LogP contribution in [0.1, 0.15) is 25.7 Å². The Morgan fingerprint density at radius 3 is 2.66 bits per heavy atom. The largest absolute Gasteiger partial charge is 0.488 e. The van der Waals surface area contributed by atoms with Crippen LogP contribution in [0.2, 0.25) is 5.02 Å². The topological polar surface area (TPSA) is 96.7 Å². The summed E-state index contributed by atoms with van der Waals surface area (Å²) in [5, 5.41) is 13.8. The molecule has 1 fully saturated rings. The van der Waals surface area contributed by atoms with Gasteiger partial charge in [-0.3, -0.25) is 0 Å². The Balaban J connectivity index is 1.68. The van der Waals surface area contributed by atoms with E-state index in [9.17, 15) is 13.7 Å². The number of hydrogen-bond acceptors (Lipinski definition) is 7. The van der Waals surface area contributed by atoms with Crippen LogP contribution in [-0.4, -0.2) is 44.0 Å². The highest BCUT2D eigenvalue weighted by atomic mass is 35.5. The van der Waals surface area contributed by atoms with E-state index in [4.69, 9.17) is 16.3 Å². The maximum absolute atomic E-state index is 14.0. The highest BCUT2D eigenvalue weighted by Crippen LogP contribution is 2.37. The third-order valence-corrected chi connectivity index (χ3v) is 6.08. The number of anilines is 2. The Labute approximate surface area is 191 Å². The average molecular weight is 479 g/mol. The molecule has 1 heterocycles. The molecule has 0 spiro atoms. The molecule has 7 nitrogen and oxygen atoms in total. The van der Waals surface area contributed by atoms with Gasteiger partial charge < -0.3 is 15.2 Å². The van der Waals surface area contributed by atoms with Crippen molar-refractivity contribution in [3.8, 4) is 5.75 Å². The molecule has 2 N–H and O–H groups in total. The normalized spacial score (nSPS) is 19.0. The van der Waals surface area contributed by atoms with Gasteiger partial charge in [0.2, 0.25) is 0 Å². The zero-order chi connectivity index (χ0) is 22.9. The number of nitrogens with zero attached hydrogens (tertiary/aromatic N) is 3. The van der Waals surface area contributed by atoms with E-state index in [2.05, 4.69) is 19.6 Å². The standard InChI is InChI=1S/C22H24ClFN4O3S/c1-32(2,30)28-14-10-17(23)21-19(11-14)25-12-26-22(21)27-18-8-3-13(24)9-20(18)31-16-6-4-15(29)5-7-16/h3,8-12,15-16,29H,4-7H2,1-2H3,(H,25,26,27). The molecule has 2 aromatic carbocycles. The van der Waals surface area contributed by atoms with Crippen LogP contribution in [0.15, 0.2) is 41.0 Å². The second kappa shape index (κ2) is 9.17. The lowest BCUT2D eigenvalue weighted by Gasteiger charge is -2.27. The van der Waals surface area contributed by atoms with Crippen molar-refractivity contribution in [1.29, 1.82) is 0 Å². The molecule has 4 rings (SSSR count). The van der Waals surface area contributed by atoms with E-state index >= 15 is 0 Å². The lowest BCUT2D eigenvalue weighted by atomic mass is 9.95. The van der Waals surface area contributed by atoms with E-state index in [1.54, 1.807) is 30.7 Å². The van der Waals surface area contributed by atoms with Gasteiger partial charge in [0.05, 0.1) is 39.5 Å². The van der Waals surface area contributed by atoms with Crippen molar-refractivity contribution in [1.82, 2.24) is 9.97 Å². The van der Waals surface area contributed by atoms with Crippen LogP contribution in [0.3, 0.4) is 0 Å². The minimum Gasteiger partial charge on any atom is -0.488 e. The number of aliphatic hydroxyl groups is 1. The van der Waals surface area contributed by atoms with Gasteiger partial charge in [-0.2, -0.15) is 4.36 Å². The Morgan fingerprint density at radius 1 is 1.19 bits per heavy atom. The second-order valence-electron chi connectivity index (χ2n) is 8.13. The molecule has 10 heteroatoms. The predicted octanol–water partition coefficient (Wildman–Crippen LogP) is 5.21. The van der Waals surface area contributed by atoms with Gasteiger partial charge in [0, 0.05) is 28.3 Å². The third-order valence-electron chi connectivity index (χ3n) is 5.13. The van der Waals surface area contributed by atoms with Crippen molar-refractivity contribution in [2.24, 2.45) is 4.36 Å². The second-order valence-corrected chi connectivity index (χ2v) is 11.1. The number of aliphatic hydroxyl groups excluding tert-OH is 1. The van der Waals surface area contributed by atoms with Gasteiger partial charge in [-0.25, -0.2) is 18.6 Å². The molecular weight excluding hydrogens is 455 g/mol. The van der Waals surface area contributed by atoms with Crippen LogP contribution in [0, 0.1) is 5.82 Å². The lowest BCUT2D eigenvalue weighted by molar-refractivity contribution is 0.0668. The van der Waals surface area contributed by atoms with Crippen LogP contribution >= 0.6 is 11.6 Å². The first kappa shape index (κ1) is 22.7. The fourth-order valence-corrected chi connectivity index (χ4v) is 4.61. The summed E-state index contributed by atoms with van der Waals surface area (Å²) in [5.74, 6) is 0.370. The highest BCUT2D eigenvalue weighted by Gasteiger charge is 2.22. The Morgan fingerprint density at radius 2 is 1.94 bits per heavy atom. The predicted molar refractivity (Wildman–Crippen MR) is 125 cm³/mol. The number of ether oxygens (including phenoxy) is 1. The zero-order valence-corrected chi connectivity index (χ0v) is 19.3. The van der Waals surface area contributed by atoms with E-state index < -0.39 is 15.5 Å². The minimum atomic E-state index is -2.36. The molecule has 32 heavy (non-hydrogen) atoms. The molecule has 0 saturated heterocycles. The Bertz CT molecular complexity index is 1260. The molecule has 170 valence electrons. The monoisotopic (exact) mass is 478 g/mol. The van der Waals surface area contributed by atoms with Crippen molar-refractivity contribution in [3.05, 3.63) is 47.5 Å². The van der Waals surface area contributed by atoms with E-state index in [0.29, 0.717) is 64.6 Å². The number of benzene rings is 2. The quantitative estimate of drug-likeness (QED) is 0.522. The first-order valence-corrected chi connectivity index (χ1v) is 12.9. The Hall–Kier alpha value is -2.49. The molecule has 0 amide bonds. The van der Waals surface area contributed by atoms with E-state index in [0.717, 1.165) is 0 Å². The molecule has 1 aliphatic carbocycles. The van der Waals surface area contributed by atoms with Crippen LogP contribution in [0.4, 0.5) is 21.6 Å². The van der Waals surface area contributed by atoms with Crippen molar-refractivity contribution >= 4 is 49.4 Å². The number of halogens is 2. The minimum absolute atomic E-state index is 0.103. The van der Waals surface area contributed by atoms with Crippen LogP contribution in [0.25, 0.3) is 10.9 Å². The summed E-state index contributed by atoms with van der Waals surface area (Å²) < 4.78 is 36.3. The first-order valence-electron chi connectivity index (χ1n) is 10.2. The summed E-state index contributed by atoms with van der Waals surface area (Å²) in [5.41, 5.74) is 1.53. The first-order chi connectivity index (χ1) is 15.2. The number of rotatable bonds is 5. The zero-order valence-electron chi connectivity index (χ0n) is 17.7. The third kappa shape index (κ3) is 5.46. The van der Waals surface area contributed by atoms with Gasteiger partial charge in [0.1, 0.15) is 23.7 Å². The van der Waals surface area contributed by atoms with Gasteiger partial charge in [0.15, 0.2) is 0 Å². The van der Waals surface area contributed by atoms with Gasteiger partial charge >= 0.3 is 0 Å². The lowest BCUT2D eigenvalue weighted by Crippen LogP contribution is -2.26. The highest BCUT2D eigenvalue weighted by molar-refractivity contribution is 7.92. The van der Waals surface area contributed by atoms with Gasteiger partial charge in [-0.15, -0.1) is 0 Å².